The molecule has 0 saturated heterocycles. The van der Waals surface area contributed by atoms with Crippen LogP contribution >= 0.6 is 0 Å². The zero-order chi connectivity index (χ0) is 13.9. The predicted octanol–water partition coefficient (Wildman–Crippen LogP) is 2.65. The van der Waals surface area contributed by atoms with Crippen molar-refractivity contribution in [3.8, 4) is 5.75 Å². The summed E-state index contributed by atoms with van der Waals surface area (Å²) in [4.78, 5) is 17.6. The molecule has 1 aliphatic rings. The van der Waals surface area contributed by atoms with E-state index in [1.807, 2.05) is 24.3 Å². The number of fused-ring (bicyclic) bond motifs is 1. The van der Waals surface area contributed by atoms with Gasteiger partial charge >= 0.3 is 0 Å². The fourth-order valence-corrected chi connectivity index (χ4v) is 2.23. The first-order valence-corrected chi connectivity index (χ1v) is 6.41. The number of ether oxygens (including phenoxy) is 1. The lowest BCUT2D eigenvalue weighted by Gasteiger charge is -2.21. The second kappa shape index (κ2) is 5.28. The first-order chi connectivity index (χ1) is 9.75. The fourth-order valence-electron chi connectivity index (χ4n) is 2.23. The SMILES string of the molecule is O=C(c1ccnc(F)c1)N1CCCOc2ccccc21. The van der Waals surface area contributed by atoms with Crippen LogP contribution in [0.25, 0.3) is 0 Å². The molecule has 1 amide bonds. The molecule has 0 fully saturated rings. The molecule has 3 rings (SSSR count). The third-order valence-electron chi connectivity index (χ3n) is 3.16. The summed E-state index contributed by atoms with van der Waals surface area (Å²) in [6, 6.07) is 10.0. The van der Waals surface area contributed by atoms with E-state index >= 15 is 0 Å². The maximum Gasteiger partial charge on any atom is 0.258 e. The number of anilines is 1. The Hall–Kier alpha value is -2.43. The van der Waals surface area contributed by atoms with Crippen molar-refractivity contribution in [2.24, 2.45) is 0 Å². The van der Waals surface area contributed by atoms with Gasteiger partial charge in [0, 0.05) is 24.4 Å². The van der Waals surface area contributed by atoms with E-state index in [1.165, 1.54) is 12.3 Å². The molecule has 1 aromatic heterocycles. The number of hydrogen-bond donors (Lipinski definition) is 0. The summed E-state index contributed by atoms with van der Waals surface area (Å²) in [5.41, 5.74) is 1.00. The molecule has 0 radical (unpaired) electrons. The van der Waals surface area contributed by atoms with E-state index in [-0.39, 0.29) is 11.5 Å². The van der Waals surface area contributed by atoms with Gasteiger partial charge in [-0.3, -0.25) is 4.79 Å². The number of carbonyl (C=O) groups excluding carboxylic acids is 1. The Morgan fingerprint density at radius 1 is 1.30 bits per heavy atom. The van der Waals surface area contributed by atoms with Crippen LogP contribution in [0, 0.1) is 5.95 Å². The molecule has 0 saturated carbocycles. The molecule has 4 nitrogen and oxygen atoms in total. The molecular weight excluding hydrogens is 259 g/mol. The average Bonchev–Trinajstić information content (AvgIpc) is 2.69. The van der Waals surface area contributed by atoms with Crippen molar-refractivity contribution in [3.05, 3.63) is 54.1 Å². The van der Waals surface area contributed by atoms with Gasteiger partial charge in [-0.2, -0.15) is 4.39 Å². The van der Waals surface area contributed by atoms with E-state index in [1.54, 1.807) is 4.90 Å². The minimum Gasteiger partial charge on any atom is -0.491 e. The molecule has 2 aromatic rings. The summed E-state index contributed by atoms with van der Waals surface area (Å²) in [7, 11) is 0. The fraction of sp³-hybridized carbons (Fsp3) is 0.200. The first kappa shape index (κ1) is 12.6. The third kappa shape index (κ3) is 2.34. The number of pyridine rings is 1. The quantitative estimate of drug-likeness (QED) is 0.749. The third-order valence-corrected chi connectivity index (χ3v) is 3.16. The van der Waals surface area contributed by atoms with Crippen LogP contribution in [-0.4, -0.2) is 24.0 Å². The molecule has 2 heterocycles. The van der Waals surface area contributed by atoms with Crippen LogP contribution < -0.4 is 9.64 Å². The van der Waals surface area contributed by atoms with Crippen LogP contribution in [0.15, 0.2) is 42.6 Å². The highest BCUT2D eigenvalue weighted by Gasteiger charge is 2.23. The summed E-state index contributed by atoms with van der Waals surface area (Å²) in [5.74, 6) is -0.229. The molecule has 0 spiro atoms. The van der Waals surface area contributed by atoms with Crippen molar-refractivity contribution in [2.75, 3.05) is 18.1 Å². The van der Waals surface area contributed by atoms with Crippen LogP contribution in [-0.2, 0) is 0 Å². The Balaban J connectivity index is 1.99. The lowest BCUT2D eigenvalue weighted by Crippen LogP contribution is -2.31. The number of aromatic nitrogens is 1. The minimum absolute atomic E-state index is 0.246. The van der Waals surface area contributed by atoms with E-state index < -0.39 is 5.95 Å². The second-order valence-electron chi connectivity index (χ2n) is 4.49. The lowest BCUT2D eigenvalue weighted by molar-refractivity contribution is 0.0986. The van der Waals surface area contributed by atoms with E-state index in [9.17, 15) is 9.18 Å². The van der Waals surface area contributed by atoms with Crippen LogP contribution in [0.2, 0.25) is 0 Å². The molecule has 0 aliphatic carbocycles. The lowest BCUT2D eigenvalue weighted by atomic mass is 10.2. The van der Waals surface area contributed by atoms with E-state index in [0.29, 0.717) is 24.6 Å². The molecule has 1 aromatic carbocycles. The number of rotatable bonds is 1. The van der Waals surface area contributed by atoms with Crippen molar-refractivity contribution in [1.82, 2.24) is 4.98 Å². The van der Waals surface area contributed by atoms with Crippen molar-refractivity contribution in [1.29, 1.82) is 0 Å². The number of hydrogen-bond acceptors (Lipinski definition) is 3. The molecule has 5 heteroatoms. The van der Waals surface area contributed by atoms with Gasteiger partial charge in [0.05, 0.1) is 12.3 Å². The van der Waals surface area contributed by atoms with E-state index in [0.717, 1.165) is 12.5 Å². The van der Waals surface area contributed by atoms with Gasteiger partial charge in [-0.1, -0.05) is 12.1 Å². The number of carbonyl (C=O) groups is 1. The predicted molar refractivity (Wildman–Crippen MR) is 72.4 cm³/mol. The van der Waals surface area contributed by atoms with Gasteiger partial charge in [0.1, 0.15) is 5.75 Å². The first-order valence-electron chi connectivity index (χ1n) is 6.41. The van der Waals surface area contributed by atoms with Crippen molar-refractivity contribution >= 4 is 11.6 Å². The number of nitrogens with zero attached hydrogens (tertiary/aromatic N) is 2. The molecule has 102 valence electrons. The Bertz CT molecular complexity index is 645. The summed E-state index contributed by atoms with van der Waals surface area (Å²) in [6.07, 6.45) is 2.02. The van der Waals surface area contributed by atoms with Gasteiger partial charge in [0.25, 0.3) is 5.91 Å². The Morgan fingerprint density at radius 2 is 2.15 bits per heavy atom. The van der Waals surface area contributed by atoms with Crippen LogP contribution in [0.3, 0.4) is 0 Å². The standard InChI is InChI=1S/C15H13FN2O2/c16-14-10-11(6-7-17-14)15(19)18-8-3-9-20-13-5-2-1-4-12(13)18/h1-2,4-7,10H,3,8-9H2. The number of amides is 1. The van der Waals surface area contributed by atoms with Crippen molar-refractivity contribution in [2.45, 2.75) is 6.42 Å². The van der Waals surface area contributed by atoms with Gasteiger partial charge in [-0.15, -0.1) is 0 Å². The van der Waals surface area contributed by atoms with E-state index in [4.69, 9.17) is 4.74 Å². The van der Waals surface area contributed by atoms with E-state index in [2.05, 4.69) is 4.98 Å². The highest BCUT2D eigenvalue weighted by Crippen LogP contribution is 2.31. The maximum absolute atomic E-state index is 13.2. The Labute approximate surface area is 115 Å². The number of halogens is 1. The topological polar surface area (TPSA) is 42.4 Å². The molecule has 20 heavy (non-hydrogen) atoms. The monoisotopic (exact) mass is 272 g/mol. The van der Waals surface area contributed by atoms with Gasteiger partial charge < -0.3 is 9.64 Å². The van der Waals surface area contributed by atoms with Gasteiger partial charge in [-0.25, -0.2) is 4.98 Å². The van der Waals surface area contributed by atoms with Crippen LogP contribution in [0.4, 0.5) is 10.1 Å². The molecule has 0 atom stereocenters. The highest BCUT2D eigenvalue weighted by molar-refractivity contribution is 6.06. The molecule has 1 aliphatic heterocycles. The smallest absolute Gasteiger partial charge is 0.258 e. The summed E-state index contributed by atoms with van der Waals surface area (Å²) in [5, 5.41) is 0. The molecule has 0 N–H and O–H groups in total. The van der Waals surface area contributed by atoms with Gasteiger partial charge in [0.2, 0.25) is 5.95 Å². The summed E-state index contributed by atoms with van der Waals surface area (Å²) >= 11 is 0. The second-order valence-corrected chi connectivity index (χ2v) is 4.49. The zero-order valence-corrected chi connectivity index (χ0v) is 10.8. The largest absolute Gasteiger partial charge is 0.491 e. The normalized spacial score (nSPS) is 14.2. The summed E-state index contributed by atoms with van der Waals surface area (Å²) < 4.78 is 18.8. The zero-order valence-electron chi connectivity index (χ0n) is 10.8. The number of benzene rings is 1. The molecule has 0 unspecified atom stereocenters. The maximum atomic E-state index is 13.2. The molecular formula is C15H13FN2O2. The van der Waals surface area contributed by atoms with Gasteiger partial charge in [0.15, 0.2) is 0 Å². The average molecular weight is 272 g/mol. The van der Waals surface area contributed by atoms with Crippen molar-refractivity contribution < 1.29 is 13.9 Å². The highest BCUT2D eigenvalue weighted by atomic mass is 19.1. The summed E-state index contributed by atoms with van der Waals surface area (Å²) in [6.45, 7) is 1.10. The Morgan fingerprint density at radius 3 is 3.00 bits per heavy atom. The van der Waals surface area contributed by atoms with Gasteiger partial charge in [-0.05, 0) is 24.6 Å². The van der Waals surface area contributed by atoms with Crippen molar-refractivity contribution in [3.63, 3.8) is 0 Å². The molecule has 0 bridgehead atoms. The minimum atomic E-state index is -0.657. The van der Waals surface area contributed by atoms with Crippen LogP contribution in [0.5, 0.6) is 5.75 Å². The van der Waals surface area contributed by atoms with Crippen LogP contribution in [0.1, 0.15) is 16.8 Å². The number of para-hydroxylation sites is 2. The Kier molecular flexibility index (Phi) is 3.33.